The molecule has 1 aromatic heterocycles. The second-order valence-electron chi connectivity index (χ2n) is 3.52. The third-order valence-corrected chi connectivity index (χ3v) is 3.05. The van der Waals surface area contributed by atoms with Crippen LogP contribution in [0.1, 0.15) is 28.5 Å². The highest BCUT2D eigenvalue weighted by molar-refractivity contribution is 7.11. The number of primary amides is 1. The van der Waals surface area contributed by atoms with Crippen molar-refractivity contribution in [2.75, 3.05) is 13.2 Å². The average Bonchev–Trinajstić information content (AvgIpc) is 2.52. The summed E-state index contributed by atoms with van der Waals surface area (Å²) in [5.74, 6) is 0. The lowest BCUT2D eigenvalue weighted by Gasteiger charge is -2.12. The number of rotatable bonds is 5. The molecule has 0 saturated heterocycles. The van der Waals surface area contributed by atoms with Gasteiger partial charge in [-0.25, -0.2) is 9.78 Å². The summed E-state index contributed by atoms with van der Waals surface area (Å²) >= 11 is 1.69. The Balaban J connectivity index is 2.38. The van der Waals surface area contributed by atoms with E-state index in [2.05, 4.69) is 22.0 Å². The van der Waals surface area contributed by atoms with E-state index in [9.17, 15) is 4.79 Å². The SMILES string of the molecule is Cc1nc(C(C)NCCOC(N)=O)c(C)s1. The first kappa shape index (κ1) is 12.9. The van der Waals surface area contributed by atoms with Crippen LogP contribution in [0.25, 0.3) is 0 Å². The van der Waals surface area contributed by atoms with E-state index < -0.39 is 6.09 Å². The summed E-state index contributed by atoms with van der Waals surface area (Å²) < 4.78 is 4.62. The zero-order valence-corrected chi connectivity index (χ0v) is 10.6. The monoisotopic (exact) mass is 243 g/mol. The summed E-state index contributed by atoms with van der Waals surface area (Å²) in [7, 11) is 0. The molecule has 1 amide bonds. The summed E-state index contributed by atoms with van der Waals surface area (Å²) in [4.78, 5) is 16.0. The summed E-state index contributed by atoms with van der Waals surface area (Å²) in [6, 6.07) is 0.154. The lowest BCUT2D eigenvalue weighted by Crippen LogP contribution is -2.26. The Bertz CT molecular complexity index is 365. The van der Waals surface area contributed by atoms with Crippen molar-refractivity contribution in [2.24, 2.45) is 5.73 Å². The van der Waals surface area contributed by atoms with Gasteiger partial charge < -0.3 is 15.8 Å². The van der Waals surface area contributed by atoms with E-state index in [-0.39, 0.29) is 12.6 Å². The molecular weight excluding hydrogens is 226 g/mol. The fourth-order valence-corrected chi connectivity index (χ4v) is 2.38. The first-order valence-electron chi connectivity index (χ1n) is 5.10. The number of ether oxygens (including phenoxy) is 1. The molecule has 0 aliphatic rings. The number of carbonyl (C=O) groups excluding carboxylic acids is 1. The first-order chi connectivity index (χ1) is 7.50. The molecule has 6 heteroatoms. The Kier molecular flexibility index (Phi) is 4.70. The molecule has 1 aromatic rings. The Morgan fingerprint density at radius 2 is 2.31 bits per heavy atom. The molecule has 1 unspecified atom stereocenters. The number of carbonyl (C=O) groups is 1. The van der Waals surface area contributed by atoms with E-state index in [0.29, 0.717) is 6.54 Å². The van der Waals surface area contributed by atoms with Crippen molar-refractivity contribution in [3.63, 3.8) is 0 Å². The Labute approximate surface area is 99.0 Å². The van der Waals surface area contributed by atoms with Crippen molar-refractivity contribution in [3.8, 4) is 0 Å². The fraction of sp³-hybridized carbons (Fsp3) is 0.600. The maximum atomic E-state index is 10.3. The molecule has 16 heavy (non-hydrogen) atoms. The van der Waals surface area contributed by atoms with Crippen LogP contribution in [-0.4, -0.2) is 24.2 Å². The van der Waals surface area contributed by atoms with Crippen LogP contribution >= 0.6 is 11.3 Å². The third kappa shape index (κ3) is 3.79. The van der Waals surface area contributed by atoms with Gasteiger partial charge >= 0.3 is 6.09 Å². The number of aromatic nitrogens is 1. The van der Waals surface area contributed by atoms with E-state index in [1.165, 1.54) is 4.88 Å². The van der Waals surface area contributed by atoms with Gasteiger partial charge in [-0.15, -0.1) is 11.3 Å². The van der Waals surface area contributed by atoms with Gasteiger partial charge in [0.1, 0.15) is 6.61 Å². The minimum Gasteiger partial charge on any atom is -0.448 e. The Hall–Kier alpha value is -1.14. The van der Waals surface area contributed by atoms with Gasteiger partial charge in [0.25, 0.3) is 0 Å². The lowest BCUT2D eigenvalue weighted by atomic mass is 10.2. The van der Waals surface area contributed by atoms with E-state index >= 15 is 0 Å². The summed E-state index contributed by atoms with van der Waals surface area (Å²) in [5, 5.41) is 4.28. The molecule has 0 aromatic carbocycles. The molecule has 0 saturated carbocycles. The standard InChI is InChI=1S/C10H17N3O2S/c1-6(12-4-5-15-10(11)14)9-7(2)16-8(3)13-9/h6,12H,4-5H2,1-3H3,(H2,11,14). The molecule has 0 aliphatic heterocycles. The van der Waals surface area contributed by atoms with Crippen LogP contribution in [0.2, 0.25) is 0 Å². The molecule has 1 heterocycles. The van der Waals surface area contributed by atoms with Gasteiger partial charge in [-0.05, 0) is 20.8 Å². The minimum atomic E-state index is -0.741. The van der Waals surface area contributed by atoms with Crippen molar-refractivity contribution >= 4 is 17.4 Å². The van der Waals surface area contributed by atoms with Gasteiger partial charge in [-0.3, -0.25) is 0 Å². The molecule has 0 spiro atoms. The van der Waals surface area contributed by atoms with Crippen LogP contribution in [0.5, 0.6) is 0 Å². The fourth-order valence-electron chi connectivity index (χ4n) is 1.47. The van der Waals surface area contributed by atoms with Gasteiger partial charge in [0.05, 0.1) is 10.7 Å². The Morgan fingerprint density at radius 3 is 2.81 bits per heavy atom. The number of nitrogens with one attached hydrogen (secondary N) is 1. The highest BCUT2D eigenvalue weighted by atomic mass is 32.1. The zero-order valence-electron chi connectivity index (χ0n) is 9.74. The van der Waals surface area contributed by atoms with Crippen LogP contribution in [0, 0.1) is 13.8 Å². The minimum absolute atomic E-state index is 0.154. The molecule has 0 aliphatic carbocycles. The van der Waals surface area contributed by atoms with Crippen LogP contribution < -0.4 is 11.1 Å². The molecule has 0 bridgehead atoms. The number of thiazole rings is 1. The van der Waals surface area contributed by atoms with E-state index in [0.717, 1.165) is 10.7 Å². The van der Waals surface area contributed by atoms with Crippen molar-refractivity contribution in [3.05, 3.63) is 15.6 Å². The van der Waals surface area contributed by atoms with Crippen molar-refractivity contribution in [1.29, 1.82) is 0 Å². The molecule has 3 N–H and O–H groups in total. The number of aryl methyl sites for hydroxylation is 2. The first-order valence-corrected chi connectivity index (χ1v) is 5.92. The molecule has 1 atom stereocenters. The predicted molar refractivity (Wildman–Crippen MR) is 63.5 cm³/mol. The smallest absolute Gasteiger partial charge is 0.404 e. The second kappa shape index (κ2) is 5.81. The summed E-state index contributed by atoms with van der Waals surface area (Å²) in [5.41, 5.74) is 5.91. The predicted octanol–water partition coefficient (Wildman–Crippen LogP) is 1.51. The summed E-state index contributed by atoms with van der Waals surface area (Å²) in [6.45, 7) is 6.93. The maximum Gasteiger partial charge on any atom is 0.404 e. The lowest BCUT2D eigenvalue weighted by molar-refractivity contribution is 0.156. The van der Waals surface area contributed by atoms with Crippen LogP contribution in [0.4, 0.5) is 4.79 Å². The number of hydrogen-bond donors (Lipinski definition) is 2. The molecular formula is C10H17N3O2S. The molecule has 0 fully saturated rings. The number of nitrogens with zero attached hydrogens (tertiary/aromatic N) is 1. The maximum absolute atomic E-state index is 10.3. The van der Waals surface area contributed by atoms with E-state index in [4.69, 9.17) is 5.73 Å². The van der Waals surface area contributed by atoms with Gasteiger partial charge in [-0.2, -0.15) is 0 Å². The highest BCUT2D eigenvalue weighted by Gasteiger charge is 2.12. The molecule has 1 rings (SSSR count). The third-order valence-electron chi connectivity index (χ3n) is 2.15. The van der Waals surface area contributed by atoms with Gasteiger partial charge in [0.2, 0.25) is 0 Å². The van der Waals surface area contributed by atoms with Gasteiger partial charge in [0.15, 0.2) is 0 Å². The number of hydrogen-bond acceptors (Lipinski definition) is 5. The Morgan fingerprint density at radius 1 is 1.62 bits per heavy atom. The highest BCUT2D eigenvalue weighted by Crippen LogP contribution is 2.21. The molecule has 90 valence electrons. The van der Waals surface area contributed by atoms with Crippen molar-refractivity contribution < 1.29 is 9.53 Å². The quantitative estimate of drug-likeness (QED) is 0.768. The molecule has 5 nitrogen and oxygen atoms in total. The van der Waals surface area contributed by atoms with Crippen molar-refractivity contribution in [2.45, 2.75) is 26.8 Å². The summed E-state index contributed by atoms with van der Waals surface area (Å²) in [6.07, 6.45) is -0.741. The van der Waals surface area contributed by atoms with Gasteiger partial charge in [-0.1, -0.05) is 0 Å². The largest absolute Gasteiger partial charge is 0.448 e. The zero-order chi connectivity index (χ0) is 12.1. The number of amides is 1. The van der Waals surface area contributed by atoms with E-state index in [1.807, 2.05) is 13.8 Å². The van der Waals surface area contributed by atoms with Crippen LogP contribution in [0.3, 0.4) is 0 Å². The average molecular weight is 243 g/mol. The number of nitrogens with two attached hydrogens (primary N) is 1. The van der Waals surface area contributed by atoms with Crippen molar-refractivity contribution in [1.82, 2.24) is 10.3 Å². The molecule has 0 radical (unpaired) electrons. The topological polar surface area (TPSA) is 77.2 Å². The van der Waals surface area contributed by atoms with Gasteiger partial charge in [0, 0.05) is 17.5 Å². The van der Waals surface area contributed by atoms with Crippen LogP contribution in [0.15, 0.2) is 0 Å². The van der Waals surface area contributed by atoms with Crippen LogP contribution in [-0.2, 0) is 4.74 Å². The second-order valence-corrected chi connectivity index (χ2v) is 4.92. The normalized spacial score (nSPS) is 12.4. The van der Waals surface area contributed by atoms with E-state index in [1.54, 1.807) is 11.3 Å².